The number of methoxy groups -OCH3 is 1. The van der Waals surface area contributed by atoms with Gasteiger partial charge in [-0.05, 0) is 22.3 Å². The van der Waals surface area contributed by atoms with E-state index in [4.69, 9.17) is 4.74 Å². The zero-order valence-corrected chi connectivity index (χ0v) is 14.7. The lowest BCUT2D eigenvalue weighted by Gasteiger charge is -2.15. The third-order valence-electron chi connectivity index (χ3n) is 4.26. The van der Waals surface area contributed by atoms with Gasteiger partial charge in [-0.25, -0.2) is 4.79 Å². The largest absolute Gasteiger partial charge is 0.468 e. The van der Waals surface area contributed by atoms with E-state index in [1.165, 1.54) is 18.2 Å². The van der Waals surface area contributed by atoms with Crippen molar-refractivity contribution in [2.24, 2.45) is 0 Å². The summed E-state index contributed by atoms with van der Waals surface area (Å²) in [7, 11) is 1.28. The number of hydrogen-bond acceptors (Lipinski definition) is 5. The molecule has 25 heavy (non-hydrogen) atoms. The smallest absolute Gasteiger partial charge is 0.407 e. The second-order valence-electron chi connectivity index (χ2n) is 5.75. The number of thiol groups is 1. The SMILES string of the molecule is COC(=O)C(S)CNC(=O)OCC1c2ccccc2-c2ccccc21. The van der Waals surface area contributed by atoms with Gasteiger partial charge >= 0.3 is 12.1 Å². The molecule has 0 aromatic heterocycles. The van der Waals surface area contributed by atoms with Crippen molar-refractivity contribution >= 4 is 24.7 Å². The molecule has 130 valence electrons. The van der Waals surface area contributed by atoms with Crippen LogP contribution >= 0.6 is 12.6 Å². The van der Waals surface area contributed by atoms with Gasteiger partial charge in [0, 0.05) is 12.5 Å². The third kappa shape index (κ3) is 3.64. The second-order valence-corrected chi connectivity index (χ2v) is 6.37. The molecule has 0 spiro atoms. The highest BCUT2D eigenvalue weighted by atomic mass is 32.1. The fraction of sp³-hybridized carbons (Fsp3) is 0.263. The highest BCUT2D eigenvalue weighted by Gasteiger charge is 2.29. The van der Waals surface area contributed by atoms with Gasteiger partial charge in [0.15, 0.2) is 0 Å². The minimum absolute atomic E-state index is 0.00514. The van der Waals surface area contributed by atoms with Crippen molar-refractivity contribution in [1.82, 2.24) is 5.32 Å². The molecule has 0 fully saturated rings. The number of esters is 1. The molecule has 2 aromatic rings. The van der Waals surface area contributed by atoms with Gasteiger partial charge in [-0.2, -0.15) is 12.6 Å². The lowest BCUT2D eigenvalue weighted by molar-refractivity contribution is -0.139. The van der Waals surface area contributed by atoms with E-state index in [-0.39, 0.29) is 19.1 Å². The van der Waals surface area contributed by atoms with Gasteiger partial charge < -0.3 is 14.8 Å². The van der Waals surface area contributed by atoms with E-state index in [1.807, 2.05) is 24.3 Å². The zero-order valence-electron chi connectivity index (χ0n) is 13.8. The highest BCUT2D eigenvalue weighted by Crippen LogP contribution is 2.44. The van der Waals surface area contributed by atoms with Crippen LogP contribution in [-0.2, 0) is 14.3 Å². The summed E-state index contributed by atoms with van der Waals surface area (Å²) in [6.07, 6.45) is -0.579. The maximum absolute atomic E-state index is 11.9. The van der Waals surface area contributed by atoms with Crippen molar-refractivity contribution in [3.8, 4) is 11.1 Å². The number of rotatable bonds is 5. The molecule has 0 radical (unpaired) electrons. The first kappa shape index (κ1) is 17.4. The molecule has 0 saturated carbocycles. The van der Waals surface area contributed by atoms with Crippen LogP contribution in [-0.4, -0.2) is 37.6 Å². The number of fused-ring (bicyclic) bond motifs is 3. The molecular formula is C19H19NO4S. The number of amides is 1. The molecule has 1 aliphatic rings. The van der Waals surface area contributed by atoms with Crippen LogP contribution in [0.2, 0.25) is 0 Å². The minimum Gasteiger partial charge on any atom is -0.468 e. The molecule has 0 bridgehead atoms. The van der Waals surface area contributed by atoms with Gasteiger partial charge in [0.2, 0.25) is 0 Å². The Hall–Kier alpha value is -2.47. The summed E-state index contributed by atoms with van der Waals surface area (Å²) >= 11 is 4.06. The lowest BCUT2D eigenvalue weighted by Crippen LogP contribution is -2.35. The normalized spacial score (nSPS) is 13.5. The Balaban J connectivity index is 1.64. The van der Waals surface area contributed by atoms with E-state index >= 15 is 0 Å². The number of benzene rings is 2. The summed E-state index contributed by atoms with van der Waals surface area (Å²) in [5.41, 5.74) is 4.65. The summed E-state index contributed by atoms with van der Waals surface area (Å²) in [4.78, 5) is 23.2. The molecule has 1 atom stereocenters. The van der Waals surface area contributed by atoms with Crippen molar-refractivity contribution in [3.05, 3.63) is 59.7 Å². The van der Waals surface area contributed by atoms with Crippen molar-refractivity contribution in [2.45, 2.75) is 11.2 Å². The Labute approximate surface area is 151 Å². The van der Waals surface area contributed by atoms with Crippen molar-refractivity contribution < 1.29 is 19.1 Å². The molecule has 1 unspecified atom stereocenters. The van der Waals surface area contributed by atoms with Crippen molar-refractivity contribution in [2.75, 3.05) is 20.3 Å². The van der Waals surface area contributed by atoms with Crippen molar-refractivity contribution in [3.63, 3.8) is 0 Å². The molecule has 3 rings (SSSR count). The predicted octanol–water partition coefficient (Wildman–Crippen LogP) is 3.00. The van der Waals surface area contributed by atoms with E-state index in [1.54, 1.807) is 0 Å². The van der Waals surface area contributed by atoms with Crippen LogP contribution in [0.1, 0.15) is 17.0 Å². The number of hydrogen-bond donors (Lipinski definition) is 2. The zero-order chi connectivity index (χ0) is 17.8. The Morgan fingerprint density at radius 2 is 1.64 bits per heavy atom. The monoisotopic (exact) mass is 357 g/mol. The van der Waals surface area contributed by atoms with Crippen LogP contribution in [0.4, 0.5) is 4.79 Å². The molecule has 1 aliphatic carbocycles. The van der Waals surface area contributed by atoms with E-state index in [2.05, 4.69) is 46.9 Å². The minimum atomic E-state index is -0.717. The van der Waals surface area contributed by atoms with Crippen molar-refractivity contribution in [1.29, 1.82) is 0 Å². The number of carbonyl (C=O) groups excluding carboxylic acids is 2. The Morgan fingerprint density at radius 1 is 1.08 bits per heavy atom. The molecule has 1 amide bonds. The average molecular weight is 357 g/mol. The molecule has 6 heteroatoms. The van der Waals surface area contributed by atoms with Gasteiger partial charge in [0.25, 0.3) is 0 Å². The summed E-state index contributed by atoms with van der Waals surface area (Å²) in [5, 5.41) is 1.81. The number of ether oxygens (including phenoxy) is 2. The Bertz CT molecular complexity index is 747. The fourth-order valence-electron chi connectivity index (χ4n) is 3.05. The standard InChI is InChI=1S/C19H19NO4S/c1-23-18(21)17(25)10-20-19(22)24-11-16-14-8-4-2-6-12(14)13-7-3-5-9-15(13)16/h2-9,16-17,25H,10-11H2,1H3,(H,20,22). The Morgan fingerprint density at radius 3 is 2.20 bits per heavy atom. The first-order chi connectivity index (χ1) is 12.1. The number of carbonyl (C=O) groups is 2. The lowest BCUT2D eigenvalue weighted by atomic mass is 9.98. The fourth-order valence-corrected chi connectivity index (χ4v) is 3.25. The molecule has 2 aromatic carbocycles. The van der Waals surface area contributed by atoms with Gasteiger partial charge in [0.05, 0.1) is 7.11 Å². The van der Waals surface area contributed by atoms with Crippen LogP contribution in [0.5, 0.6) is 0 Å². The van der Waals surface area contributed by atoms with E-state index in [9.17, 15) is 9.59 Å². The average Bonchev–Trinajstić information content (AvgIpc) is 2.97. The molecule has 1 N–H and O–H groups in total. The predicted molar refractivity (Wildman–Crippen MR) is 97.9 cm³/mol. The Kier molecular flexibility index (Phi) is 5.28. The topological polar surface area (TPSA) is 64.6 Å². The summed E-state index contributed by atoms with van der Waals surface area (Å²) < 4.78 is 9.92. The third-order valence-corrected chi connectivity index (χ3v) is 4.65. The van der Waals surface area contributed by atoms with Crippen LogP contribution in [0, 0.1) is 0 Å². The van der Waals surface area contributed by atoms with Crippen LogP contribution in [0.15, 0.2) is 48.5 Å². The highest BCUT2D eigenvalue weighted by molar-refractivity contribution is 7.81. The maximum atomic E-state index is 11.9. The molecule has 0 aliphatic heterocycles. The van der Waals surface area contributed by atoms with Gasteiger partial charge in [-0.3, -0.25) is 4.79 Å². The van der Waals surface area contributed by atoms with E-state index in [0.29, 0.717) is 0 Å². The van der Waals surface area contributed by atoms with Crippen LogP contribution in [0.25, 0.3) is 11.1 Å². The molecular weight excluding hydrogens is 338 g/mol. The van der Waals surface area contributed by atoms with E-state index < -0.39 is 17.3 Å². The number of alkyl carbamates (subject to hydrolysis) is 1. The summed E-state index contributed by atoms with van der Waals surface area (Å²) in [6, 6.07) is 16.3. The van der Waals surface area contributed by atoms with Crippen LogP contribution < -0.4 is 5.32 Å². The van der Waals surface area contributed by atoms with Crippen LogP contribution in [0.3, 0.4) is 0 Å². The summed E-state index contributed by atoms with van der Waals surface area (Å²) in [6.45, 7) is 0.280. The quantitative estimate of drug-likeness (QED) is 0.638. The van der Waals surface area contributed by atoms with Gasteiger partial charge in [-0.15, -0.1) is 0 Å². The summed E-state index contributed by atoms with van der Waals surface area (Å²) in [5.74, 6) is -0.493. The van der Waals surface area contributed by atoms with Gasteiger partial charge in [0.1, 0.15) is 11.9 Å². The first-order valence-electron chi connectivity index (χ1n) is 7.96. The first-order valence-corrected chi connectivity index (χ1v) is 8.48. The second kappa shape index (κ2) is 7.61. The number of nitrogens with one attached hydrogen (secondary N) is 1. The van der Waals surface area contributed by atoms with E-state index in [0.717, 1.165) is 11.1 Å². The molecule has 0 saturated heterocycles. The molecule has 5 nitrogen and oxygen atoms in total. The maximum Gasteiger partial charge on any atom is 0.407 e. The molecule has 0 heterocycles. The van der Waals surface area contributed by atoms with Gasteiger partial charge in [-0.1, -0.05) is 48.5 Å².